The average molecular weight is 439 g/mol. The zero-order valence-corrected chi connectivity index (χ0v) is 17.3. The van der Waals surface area contributed by atoms with Crippen molar-refractivity contribution in [2.45, 2.75) is 13.5 Å². The van der Waals surface area contributed by atoms with Crippen LogP contribution in [-0.2, 0) is 11.3 Å². The van der Waals surface area contributed by atoms with Gasteiger partial charge in [-0.2, -0.15) is 0 Å². The number of aromatic amines is 1. The number of anilines is 1. The van der Waals surface area contributed by atoms with Crippen LogP contribution in [0.15, 0.2) is 35.7 Å². The lowest BCUT2D eigenvalue weighted by Gasteiger charge is -2.13. The van der Waals surface area contributed by atoms with Gasteiger partial charge in [0, 0.05) is 10.6 Å². The lowest BCUT2D eigenvalue weighted by Crippen LogP contribution is -2.14. The van der Waals surface area contributed by atoms with Crippen molar-refractivity contribution < 1.29 is 19.1 Å². The predicted octanol–water partition coefficient (Wildman–Crippen LogP) is 5.31. The lowest BCUT2D eigenvalue weighted by atomic mass is 10.2. The molecule has 2 heterocycles. The molecule has 6 nitrogen and oxygen atoms in total. The van der Waals surface area contributed by atoms with Crippen LogP contribution in [0.1, 0.15) is 31.4 Å². The van der Waals surface area contributed by atoms with Gasteiger partial charge in [0.2, 0.25) is 0 Å². The first-order chi connectivity index (χ1) is 13.4. The van der Waals surface area contributed by atoms with Crippen LogP contribution in [0.25, 0.3) is 0 Å². The summed E-state index contributed by atoms with van der Waals surface area (Å²) in [7, 11) is 1.30. The number of H-pyrrole nitrogens is 1. The van der Waals surface area contributed by atoms with Crippen molar-refractivity contribution >= 4 is 52.1 Å². The molecule has 0 aliphatic heterocycles. The normalized spacial score (nSPS) is 10.6. The van der Waals surface area contributed by atoms with Crippen molar-refractivity contribution in [2.24, 2.45) is 0 Å². The molecule has 0 fully saturated rings. The number of amides is 1. The first kappa shape index (κ1) is 20.3. The van der Waals surface area contributed by atoms with Gasteiger partial charge in [0.25, 0.3) is 5.91 Å². The molecule has 0 aliphatic rings. The van der Waals surface area contributed by atoms with Gasteiger partial charge in [0.15, 0.2) is 0 Å². The molecule has 2 N–H and O–H groups in total. The fourth-order valence-corrected chi connectivity index (χ4v) is 3.48. The van der Waals surface area contributed by atoms with E-state index in [1.165, 1.54) is 30.6 Å². The Kier molecular flexibility index (Phi) is 6.28. The standard InChI is InChI=1S/C19H16Cl2N2O4S/c1-10-15(20)16(21)17(22-10)18(24)23-13-6-5-11(19(25)26-2)8-14(13)27-9-12-4-3-7-28-12/h3-8,22H,9H2,1-2H3,(H,23,24). The topological polar surface area (TPSA) is 80.4 Å². The second kappa shape index (κ2) is 8.68. The molecule has 0 bridgehead atoms. The summed E-state index contributed by atoms with van der Waals surface area (Å²) in [6.45, 7) is 2.01. The van der Waals surface area contributed by atoms with Crippen LogP contribution < -0.4 is 10.1 Å². The van der Waals surface area contributed by atoms with Gasteiger partial charge in [-0.15, -0.1) is 11.3 Å². The van der Waals surface area contributed by atoms with Crippen molar-refractivity contribution in [1.29, 1.82) is 0 Å². The van der Waals surface area contributed by atoms with Crippen molar-refractivity contribution in [3.63, 3.8) is 0 Å². The van der Waals surface area contributed by atoms with Crippen LogP contribution in [0.2, 0.25) is 10.0 Å². The molecule has 3 rings (SSSR count). The van der Waals surface area contributed by atoms with Crippen molar-refractivity contribution in [3.05, 3.63) is 67.6 Å². The number of carbonyl (C=O) groups excluding carboxylic acids is 2. The molecule has 1 amide bonds. The number of hydrogen-bond acceptors (Lipinski definition) is 5. The largest absolute Gasteiger partial charge is 0.486 e. The maximum absolute atomic E-state index is 12.6. The zero-order chi connectivity index (χ0) is 20.3. The summed E-state index contributed by atoms with van der Waals surface area (Å²) in [5.41, 5.74) is 1.42. The Morgan fingerprint density at radius 3 is 2.61 bits per heavy atom. The molecule has 1 aromatic carbocycles. The van der Waals surface area contributed by atoms with E-state index in [9.17, 15) is 9.59 Å². The second-order valence-electron chi connectivity index (χ2n) is 5.78. The summed E-state index contributed by atoms with van der Waals surface area (Å²) >= 11 is 13.7. The van der Waals surface area contributed by atoms with E-state index in [1.54, 1.807) is 13.0 Å². The van der Waals surface area contributed by atoms with Gasteiger partial charge < -0.3 is 19.8 Å². The summed E-state index contributed by atoms with van der Waals surface area (Å²) in [6, 6.07) is 8.46. The number of esters is 1. The molecular weight excluding hydrogens is 423 g/mol. The van der Waals surface area contributed by atoms with Crippen LogP contribution in [0.4, 0.5) is 5.69 Å². The highest BCUT2D eigenvalue weighted by Crippen LogP contribution is 2.32. The molecule has 146 valence electrons. The fraction of sp³-hybridized carbons (Fsp3) is 0.158. The lowest BCUT2D eigenvalue weighted by molar-refractivity contribution is 0.0600. The summed E-state index contributed by atoms with van der Waals surface area (Å²) in [5, 5.41) is 5.11. The number of aromatic nitrogens is 1. The van der Waals surface area contributed by atoms with Crippen molar-refractivity contribution in [2.75, 3.05) is 12.4 Å². The molecule has 9 heteroatoms. The number of benzene rings is 1. The molecule has 0 atom stereocenters. The van der Waals surface area contributed by atoms with Gasteiger partial charge in [0.05, 0.1) is 28.4 Å². The molecule has 0 spiro atoms. The number of halogens is 2. The number of rotatable bonds is 6. The smallest absolute Gasteiger partial charge is 0.337 e. The van der Waals surface area contributed by atoms with Crippen molar-refractivity contribution in [3.8, 4) is 5.75 Å². The molecule has 28 heavy (non-hydrogen) atoms. The first-order valence-corrected chi connectivity index (χ1v) is 9.76. The summed E-state index contributed by atoms with van der Waals surface area (Å²) < 4.78 is 10.6. The van der Waals surface area contributed by atoms with Crippen LogP contribution in [-0.4, -0.2) is 24.0 Å². The Morgan fingerprint density at radius 1 is 1.21 bits per heavy atom. The molecule has 0 saturated heterocycles. The van der Waals surface area contributed by atoms with E-state index in [4.69, 9.17) is 32.7 Å². The van der Waals surface area contributed by atoms with Crippen LogP contribution in [0, 0.1) is 6.92 Å². The quantitative estimate of drug-likeness (QED) is 0.511. The Labute approximate surface area is 175 Å². The third-order valence-electron chi connectivity index (χ3n) is 3.88. The van der Waals surface area contributed by atoms with E-state index < -0.39 is 11.9 Å². The summed E-state index contributed by atoms with van der Waals surface area (Å²) in [4.78, 5) is 28.3. The third-order valence-corrected chi connectivity index (χ3v) is 5.68. The van der Waals surface area contributed by atoms with E-state index >= 15 is 0 Å². The number of carbonyl (C=O) groups is 2. The molecular formula is C19H16Cl2N2O4S. The third kappa shape index (κ3) is 4.32. The number of nitrogens with one attached hydrogen (secondary N) is 2. The Hall–Kier alpha value is -2.48. The van der Waals surface area contributed by atoms with Gasteiger partial charge in [-0.3, -0.25) is 4.79 Å². The van der Waals surface area contributed by atoms with E-state index in [0.29, 0.717) is 34.3 Å². The average Bonchev–Trinajstić information content (AvgIpc) is 3.30. The van der Waals surface area contributed by atoms with E-state index in [2.05, 4.69) is 10.3 Å². The molecule has 0 unspecified atom stereocenters. The first-order valence-electron chi connectivity index (χ1n) is 8.13. The number of methoxy groups -OCH3 is 1. The van der Waals surface area contributed by atoms with Gasteiger partial charge in [-0.1, -0.05) is 29.3 Å². The Bertz CT molecular complexity index is 1020. The van der Waals surface area contributed by atoms with Gasteiger partial charge in [0.1, 0.15) is 18.1 Å². The van der Waals surface area contributed by atoms with Gasteiger partial charge in [-0.25, -0.2) is 4.79 Å². The highest BCUT2D eigenvalue weighted by Gasteiger charge is 2.20. The van der Waals surface area contributed by atoms with Crippen LogP contribution >= 0.6 is 34.5 Å². The summed E-state index contributed by atoms with van der Waals surface area (Å²) in [6.07, 6.45) is 0. The molecule has 0 saturated carbocycles. The van der Waals surface area contributed by atoms with Gasteiger partial charge >= 0.3 is 5.97 Å². The monoisotopic (exact) mass is 438 g/mol. The highest BCUT2D eigenvalue weighted by molar-refractivity contribution is 7.09. The highest BCUT2D eigenvalue weighted by atomic mass is 35.5. The molecule has 3 aromatic rings. The number of aryl methyl sites for hydroxylation is 1. The second-order valence-corrected chi connectivity index (χ2v) is 7.57. The van der Waals surface area contributed by atoms with E-state index in [-0.39, 0.29) is 10.7 Å². The van der Waals surface area contributed by atoms with Gasteiger partial charge in [-0.05, 0) is 36.6 Å². The maximum atomic E-state index is 12.6. The number of ether oxygens (including phenoxy) is 2. The SMILES string of the molecule is COC(=O)c1ccc(NC(=O)c2[nH]c(C)c(Cl)c2Cl)c(OCc2cccs2)c1. The van der Waals surface area contributed by atoms with Crippen LogP contribution in [0.5, 0.6) is 5.75 Å². The minimum absolute atomic E-state index is 0.143. The fourth-order valence-electron chi connectivity index (χ4n) is 2.45. The predicted molar refractivity (Wildman–Crippen MR) is 110 cm³/mol. The number of hydrogen-bond donors (Lipinski definition) is 2. The maximum Gasteiger partial charge on any atom is 0.337 e. The number of thiophene rings is 1. The zero-order valence-electron chi connectivity index (χ0n) is 15.0. The summed E-state index contributed by atoms with van der Waals surface area (Å²) in [5.74, 6) is -0.657. The minimum atomic E-state index is -0.506. The molecule has 0 radical (unpaired) electrons. The van der Waals surface area contributed by atoms with Crippen molar-refractivity contribution in [1.82, 2.24) is 4.98 Å². The van der Waals surface area contributed by atoms with E-state index in [1.807, 2.05) is 17.5 Å². The van der Waals surface area contributed by atoms with E-state index in [0.717, 1.165) is 4.88 Å². The molecule has 2 aromatic heterocycles. The minimum Gasteiger partial charge on any atom is -0.486 e. The Morgan fingerprint density at radius 2 is 2.00 bits per heavy atom. The van der Waals surface area contributed by atoms with Crippen LogP contribution in [0.3, 0.4) is 0 Å². The Balaban J connectivity index is 1.88. The molecule has 0 aliphatic carbocycles.